The minimum atomic E-state index is -1.05. The molecule has 0 aromatic carbocycles. The quantitative estimate of drug-likeness (QED) is 0.505. The number of H-pyrrole nitrogens is 2. The molecule has 2 aromatic heterocycles. The lowest BCUT2D eigenvalue weighted by molar-refractivity contribution is 0.0179. The van der Waals surface area contributed by atoms with Crippen LogP contribution in [0.2, 0.25) is 0 Å². The second-order valence-corrected chi connectivity index (χ2v) is 5.97. The summed E-state index contributed by atoms with van der Waals surface area (Å²) < 4.78 is 0. The Labute approximate surface area is 132 Å². The Morgan fingerprint density at radius 3 is 2.78 bits per heavy atom. The lowest BCUT2D eigenvalue weighted by Crippen LogP contribution is -2.39. The van der Waals surface area contributed by atoms with E-state index in [1.807, 2.05) is 4.90 Å². The van der Waals surface area contributed by atoms with Crippen molar-refractivity contribution in [2.45, 2.75) is 44.1 Å². The van der Waals surface area contributed by atoms with Crippen molar-refractivity contribution in [3.63, 3.8) is 0 Å². The van der Waals surface area contributed by atoms with Gasteiger partial charge in [0.2, 0.25) is 0 Å². The Kier molecular flexibility index (Phi) is 4.49. The van der Waals surface area contributed by atoms with Gasteiger partial charge in [0.15, 0.2) is 0 Å². The van der Waals surface area contributed by atoms with Gasteiger partial charge in [-0.05, 0) is 13.0 Å². The highest BCUT2D eigenvalue weighted by Crippen LogP contribution is 2.38. The van der Waals surface area contributed by atoms with Gasteiger partial charge in [0.05, 0.1) is 31.1 Å². The third kappa shape index (κ3) is 2.57. The molecule has 1 aliphatic heterocycles. The van der Waals surface area contributed by atoms with E-state index in [2.05, 4.69) is 21.9 Å². The number of hydrogen-bond donors (Lipinski definition) is 5. The first-order valence-electron chi connectivity index (χ1n) is 7.87. The Bertz CT molecular complexity index is 728. The van der Waals surface area contributed by atoms with E-state index in [0.717, 1.165) is 12.8 Å². The predicted octanol–water partition coefficient (Wildman–Crippen LogP) is -0.509. The summed E-state index contributed by atoms with van der Waals surface area (Å²) >= 11 is 0. The first kappa shape index (κ1) is 16.1. The fourth-order valence-electron chi connectivity index (χ4n) is 3.43. The summed E-state index contributed by atoms with van der Waals surface area (Å²) in [6.07, 6.45) is 2.70. The molecule has 4 atom stereocenters. The van der Waals surface area contributed by atoms with Gasteiger partial charge < -0.3 is 25.3 Å². The highest BCUT2D eigenvalue weighted by Gasteiger charge is 2.48. The lowest BCUT2D eigenvalue weighted by atomic mass is 10.0. The second kappa shape index (κ2) is 6.40. The number of aliphatic hydroxyl groups is 3. The molecule has 8 nitrogen and oxygen atoms in total. The summed E-state index contributed by atoms with van der Waals surface area (Å²) in [5, 5.41) is 30.4. The summed E-state index contributed by atoms with van der Waals surface area (Å²) in [6.45, 7) is 2.45. The van der Waals surface area contributed by atoms with Gasteiger partial charge >= 0.3 is 0 Å². The highest BCUT2D eigenvalue weighted by atomic mass is 16.3. The van der Waals surface area contributed by atoms with Gasteiger partial charge in [-0.15, -0.1) is 0 Å². The number of nitrogens with one attached hydrogen (secondary N) is 2. The Morgan fingerprint density at radius 1 is 1.30 bits per heavy atom. The maximum Gasteiger partial charge on any atom is 0.275 e. The van der Waals surface area contributed by atoms with Crippen LogP contribution in [-0.4, -0.2) is 66.6 Å². The van der Waals surface area contributed by atoms with Gasteiger partial charge in [0.1, 0.15) is 17.1 Å². The number of hydrogen-bond acceptors (Lipinski definition) is 6. The van der Waals surface area contributed by atoms with Crippen LogP contribution in [-0.2, 0) is 0 Å². The van der Waals surface area contributed by atoms with E-state index in [1.54, 1.807) is 6.20 Å². The molecule has 2 aromatic rings. The van der Waals surface area contributed by atoms with E-state index in [4.69, 9.17) is 0 Å². The molecule has 3 rings (SSSR count). The van der Waals surface area contributed by atoms with Crippen molar-refractivity contribution >= 4 is 11.0 Å². The number of likely N-dealkylation sites (tertiary alicyclic amines) is 1. The number of fused-ring (bicyclic) bond motifs is 1. The lowest BCUT2D eigenvalue weighted by Gasteiger charge is -2.29. The molecule has 0 spiro atoms. The zero-order valence-corrected chi connectivity index (χ0v) is 12.9. The summed E-state index contributed by atoms with van der Waals surface area (Å²) in [6, 6.07) is -1.05. The number of aromatic nitrogens is 3. The van der Waals surface area contributed by atoms with Crippen LogP contribution < -0.4 is 5.56 Å². The van der Waals surface area contributed by atoms with Gasteiger partial charge in [0.25, 0.3) is 5.56 Å². The zero-order valence-electron chi connectivity index (χ0n) is 12.9. The molecule has 3 heterocycles. The Morgan fingerprint density at radius 2 is 2.09 bits per heavy atom. The van der Waals surface area contributed by atoms with E-state index in [-0.39, 0.29) is 12.2 Å². The number of aliphatic hydroxyl groups excluding tert-OH is 3. The van der Waals surface area contributed by atoms with Crippen LogP contribution in [0.25, 0.3) is 11.0 Å². The van der Waals surface area contributed by atoms with Crippen molar-refractivity contribution in [3.8, 4) is 0 Å². The van der Waals surface area contributed by atoms with E-state index < -0.39 is 24.3 Å². The molecule has 0 saturated carbocycles. The molecule has 0 bridgehead atoms. The summed E-state index contributed by atoms with van der Waals surface area (Å²) in [5.74, 6) is 0. The molecule has 1 saturated heterocycles. The normalized spacial score (nSPS) is 28.7. The highest BCUT2D eigenvalue weighted by molar-refractivity contribution is 5.78. The number of aromatic amines is 2. The zero-order chi connectivity index (χ0) is 16.6. The van der Waals surface area contributed by atoms with E-state index in [0.29, 0.717) is 23.1 Å². The van der Waals surface area contributed by atoms with Gasteiger partial charge in [-0.2, -0.15) is 0 Å². The average Bonchev–Trinajstić information content (AvgIpc) is 3.06. The van der Waals surface area contributed by atoms with Crippen molar-refractivity contribution in [1.29, 1.82) is 0 Å². The third-order valence-electron chi connectivity index (χ3n) is 4.63. The van der Waals surface area contributed by atoms with E-state index in [1.165, 1.54) is 6.33 Å². The van der Waals surface area contributed by atoms with Crippen LogP contribution >= 0.6 is 0 Å². The second-order valence-electron chi connectivity index (χ2n) is 5.97. The summed E-state index contributed by atoms with van der Waals surface area (Å²) in [5.41, 5.74) is 1.19. The summed E-state index contributed by atoms with van der Waals surface area (Å²) in [7, 11) is 0. The molecule has 0 amide bonds. The number of nitrogens with zero attached hydrogens (tertiary/aromatic N) is 2. The van der Waals surface area contributed by atoms with Crippen molar-refractivity contribution in [3.05, 3.63) is 28.4 Å². The first-order valence-corrected chi connectivity index (χ1v) is 7.87. The van der Waals surface area contributed by atoms with Gasteiger partial charge in [-0.25, -0.2) is 4.98 Å². The number of rotatable bonds is 5. The molecule has 0 aliphatic carbocycles. The van der Waals surface area contributed by atoms with E-state index in [9.17, 15) is 20.1 Å². The molecule has 126 valence electrons. The van der Waals surface area contributed by atoms with Crippen LogP contribution in [0.3, 0.4) is 0 Å². The monoisotopic (exact) mass is 322 g/mol. The standard InChI is InChI=1S/C15H22N4O4/c1-2-3-4-19-9(6-20)13(21)14(22)12(19)8-5-16-11-10(8)17-7-18-15(11)23/h5,7,9,12-14,16,20-22H,2-4,6H2,1H3,(H,17,18,23). The minimum Gasteiger partial charge on any atom is -0.395 e. The maximum absolute atomic E-state index is 11.8. The molecular formula is C15H22N4O4. The summed E-state index contributed by atoms with van der Waals surface area (Å²) in [4.78, 5) is 23.3. The van der Waals surface area contributed by atoms with Crippen LogP contribution in [0.4, 0.5) is 0 Å². The fraction of sp³-hybridized carbons (Fsp3) is 0.600. The first-order chi connectivity index (χ1) is 11.1. The predicted molar refractivity (Wildman–Crippen MR) is 84.0 cm³/mol. The SMILES string of the molecule is CCCCN1C(CO)C(O)C(O)C1c1c[nH]c2c(=O)[nH]cnc12. The van der Waals surface area contributed by atoms with Gasteiger partial charge in [0, 0.05) is 11.8 Å². The van der Waals surface area contributed by atoms with Crippen molar-refractivity contribution in [2.24, 2.45) is 0 Å². The molecule has 4 unspecified atom stereocenters. The molecule has 0 radical (unpaired) electrons. The van der Waals surface area contributed by atoms with Gasteiger partial charge in [-0.3, -0.25) is 9.69 Å². The molecular weight excluding hydrogens is 300 g/mol. The largest absolute Gasteiger partial charge is 0.395 e. The van der Waals surface area contributed by atoms with Crippen molar-refractivity contribution in [1.82, 2.24) is 19.9 Å². The van der Waals surface area contributed by atoms with E-state index >= 15 is 0 Å². The number of unbranched alkanes of at least 4 members (excludes halogenated alkanes) is 1. The van der Waals surface area contributed by atoms with Crippen LogP contribution in [0, 0.1) is 0 Å². The Hall–Kier alpha value is -1.74. The maximum atomic E-state index is 11.8. The molecule has 23 heavy (non-hydrogen) atoms. The fourth-order valence-corrected chi connectivity index (χ4v) is 3.43. The molecule has 1 aliphatic rings. The third-order valence-corrected chi connectivity index (χ3v) is 4.63. The minimum absolute atomic E-state index is 0.241. The van der Waals surface area contributed by atoms with Crippen molar-refractivity contribution < 1.29 is 15.3 Å². The average molecular weight is 322 g/mol. The molecule has 5 N–H and O–H groups in total. The van der Waals surface area contributed by atoms with Crippen LogP contribution in [0.15, 0.2) is 17.3 Å². The van der Waals surface area contributed by atoms with Crippen molar-refractivity contribution in [2.75, 3.05) is 13.2 Å². The van der Waals surface area contributed by atoms with Crippen LogP contribution in [0.1, 0.15) is 31.4 Å². The smallest absolute Gasteiger partial charge is 0.275 e. The van der Waals surface area contributed by atoms with Gasteiger partial charge in [-0.1, -0.05) is 13.3 Å². The molecule has 8 heteroatoms. The van der Waals surface area contributed by atoms with Crippen LogP contribution in [0.5, 0.6) is 0 Å². The molecule has 1 fully saturated rings. The topological polar surface area (TPSA) is 125 Å². The Balaban J connectivity index is 2.06.